The molecule has 2 aliphatic rings. The van der Waals surface area contributed by atoms with Gasteiger partial charge in [-0.3, -0.25) is 9.59 Å². The van der Waals surface area contributed by atoms with E-state index >= 15 is 0 Å². The van der Waals surface area contributed by atoms with Gasteiger partial charge in [-0.1, -0.05) is 6.07 Å². The molecule has 0 aromatic carbocycles. The summed E-state index contributed by atoms with van der Waals surface area (Å²) in [6, 6.07) is 5.21. The summed E-state index contributed by atoms with van der Waals surface area (Å²) in [7, 11) is 0. The smallest absolute Gasteiger partial charge is 0.272 e. The number of hydrogen-bond donors (Lipinski definition) is 0. The predicted molar refractivity (Wildman–Crippen MR) is 91.5 cm³/mol. The lowest BCUT2D eigenvalue weighted by Crippen LogP contribution is -2.52. The molecule has 0 radical (unpaired) electrons. The van der Waals surface area contributed by atoms with Crippen molar-refractivity contribution in [2.45, 2.75) is 38.9 Å². The quantitative estimate of drug-likeness (QED) is 0.822. The molecule has 3 heterocycles. The van der Waals surface area contributed by atoms with Crippen LogP contribution < -0.4 is 4.74 Å². The number of pyridine rings is 1. The first-order valence-electron chi connectivity index (χ1n) is 8.88. The van der Waals surface area contributed by atoms with E-state index < -0.39 is 0 Å². The van der Waals surface area contributed by atoms with E-state index in [2.05, 4.69) is 4.98 Å². The van der Waals surface area contributed by atoms with E-state index in [1.54, 1.807) is 28.0 Å². The second-order valence-corrected chi connectivity index (χ2v) is 6.65. The molecule has 136 valence electrons. The summed E-state index contributed by atoms with van der Waals surface area (Å²) >= 11 is 0. The van der Waals surface area contributed by atoms with Crippen LogP contribution in [-0.2, 0) is 9.53 Å². The van der Waals surface area contributed by atoms with Gasteiger partial charge in [-0.05, 0) is 32.8 Å². The maximum absolute atomic E-state index is 12.7. The summed E-state index contributed by atoms with van der Waals surface area (Å²) in [6.07, 6.45) is 1.44. The molecular formula is C18H25N3O4. The van der Waals surface area contributed by atoms with Crippen LogP contribution in [0.4, 0.5) is 0 Å². The van der Waals surface area contributed by atoms with Crippen molar-refractivity contribution in [2.24, 2.45) is 0 Å². The van der Waals surface area contributed by atoms with Crippen molar-refractivity contribution in [1.82, 2.24) is 14.8 Å². The molecule has 7 heteroatoms. The molecule has 25 heavy (non-hydrogen) atoms. The van der Waals surface area contributed by atoms with Gasteiger partial charge in [0.05, 0.1) is 6.10 Å². The summed E-state index contributed by atoms with van der Waals surface area (Å²) in [6.45, 7) is 6.58. The highest BCUT2D eigenvalue weighted by Gasteiger charge is 2.31. The Morgan fingerprint density at radius 1 is 1.20 bits per heavy atom. The molecule has 2 fully saturated rings. The second kappa shape index (κ2) is 7.82. The summed E-state index contributed by atoms with van der Waals surface area (Å²) < 4.78 is 11.0. The highest BCUT2D eigenvalue weighted by Crippen LogP contribution is 2.17. The van der Waals surface area contributed by atoms with Crippen LogP contribution in [0.25, 0.3) is 0 Å². The summed E-state index contributed by atoms with van der Waals surface area (Å²) in [5, 5.41) is 0. The van der Waals surface area contributed by atoms with Crippen LogP contribution in [-0.4, -0.2) is 71.6 Å². The molecule has 1 aromatic rings. The number of nitrogens with zero attached hydrogens (tertiary/aromatic N) is 3. The predicted octanol–water partition coefficient (Wildman–Crippen LogP) is 1.33. The van der Waals surface area contributed by atoms with Gasteiger partial charge in [-0.2, -0.15) is 0 Å². The van der Waals surface area contributed by atoms with Gasteiger partial charge in [0, 0.05) is 38.9 Å². The normalized spacial score (nSPS) is 20.8. The van der Waals surface area contributed by atoms with Crippen LogP contribution in [0.3, 0.4) is 0 Å². The van der Waals surface area contributed by atoms with Gasteiger partial charge >= 0.3 is 0 Å². The number of aromatic nitrogens is 1. The molecule has 1 aromatic heterocycles. The molecule has 1 unspecified atom stereocenters. The average molecular weight is 347 g/mol. The van der Waals surface area contributed by atoms with Gasteiger partial charge in [0.1, 0.15) is 11.8 Å². The third-order valence-electron chi connectivity index (χ3n) is 4.38. The molecule has 3 rings (SSSR count). The van der Waals surface area contributed by atoms with Gasteiger partial charge in [0.25, 0.3) is 11.8 Å². The SMILES string of the molecule is CC(C)Oc1cccc(C(=O)N2CCN(C(=O)C3CCCO3)CC2)n1. The Morgan fingerprint density at radius 2 is 1.92 bits per heavy atom. The number of carbonyl (C=O) groups is 2. The zero-order valence-corrected chi connectivity index (χ0v) is 14.8. The van der Waals surface area contributed by atoms with Crippen LogP contribution in [0, 0.1) is 0 Å². The van der Waals surface area contributed by atoms with E-state index in [0.29, 0.717) is 44.4 Å². The maximum atomic E-state index is 12.7. The largest absolute Gasteiger partial charge is 0.475 e. The van der Waals surface area contributed by atoms with Crippen molar-refractivity contribution >= 4 is 11.8 Å². The number of ether oxygens (including phenoxy) is 2. The summed E-state index contributed by atoms with van der Waals surface area (Å²) in [5.74, 6) is 0.376. The Kier molecular flexibility index (Phi) is 5.53. The standard InChI is InChI=1S/C18H25N3O4/c1-13(2)25-16-7-3-5-14(19-16)17(22)20-8-10-21(11-9-20)18(23)15-6-4-12-24-15/h3,5,7,13,15H,4,6,8-12H2,1-2H3. The fourth-order valence-electron chi connectivity index (χ4n) is 3.11. The Hall–Kier alpha value is -2.15. The number of hydrogen-bond acceptors (Lipinski definition) is 5. The van der Waals surface area contributed by atoms with Crippen LogP contribution >= 0.6 is 0 Å². The van der Waals surface area contributed by atoms with E-state index in [4.69, 9.17) is 9.47 Å². The third-order valence-corrected chi connectivity index (χ3v) is 4.38. The third kappa shape index (κ3) is 4.28. The zero-order valence-electron chi connectivity index (χ0n) is 14.8. The maximum Gasteiger partial charge on any atom is 0.272 e. The summed E-state index contributed by atoms with van der Waals surface area (Å²) in [4.78, 5) is 32.8. The van der Waals surface area contributed by atoms with Gasteiger partial charge in [0.15, 0.2) is 0 Å². The minimum absolute atomic E-state index is 0.00483. The van der Waals surface area contributed by atoms with Crippen molar-refractivity contribution in [3.05, 3.63) is 23.9 Å². The molecule has 0 bridgehead atoms. The van der Waals surface area contributed by atoms with Crippen LogP contribution in [0.5, 0.6) is 5.88 Å². The highest BCUT2D eigenvalue weighted by molar-refractivity contribution is 5.92. The van der Waals surface area contributed by atoms with Crippen molar-refractivity contribution in [2.75, 3.05) is 32.8 Å². The minimum Gasteiger partial charge on any atom is -0.475 e. The summed E-state index contributed by atoms with van der Waals surface area (Å²) in [5.41, 5.74) is 0.372. The Labute approximate surface area is 147 Å². The van der Waals surface area contributed by atoms with E-state index in [0.717, 1.165) is 12.8 Å². The minimum atomic E-state index is -0.297. The number of amides is 2. The van der Waals surface area contributed by atoms with E-state index in [1.807, 2.05) is 13.8 Å². The van der Waals surface area contributed by atoms with Crippen molar-refractivity contribution in [3.8, 4) is 5.88 Å². The van der Waals surface area contributed by atoms with Crippen LogP contribution in [0.2, 0.25) is 0 Å². The molecule has 0 spiro atoms. The Morgan fingerprint density at radius 3 is 2.56 bits per heavy atom. The first-order chi connectivity index (χ1) is 12.0. The Balaban J connectivity index is 1.57. The molecule has 1 atom stereocenters. The average Bonchev–Trinajstić information content (AvgIpc) is 3.15. The molecule has 0 saturated carbocycles. The first-order valence-corrected chi connectivity index (χ1v) is 8.88. The molecule has 2 amide bonds. The van der Waals surface area contributed by atoms with E-state index in [-0.39, 0.29) is 24.0 Å². The Bertz CT molecular complexity index is 621. The molecule has 7 nitrogen and oxygen atoms in total. The molecule has 2 aliphatic heterocycles. The van der Waals surface area contributed by atoms with E-state index in [1.165, 1.54) is 0 Å². The highest BCUT2D eigenvalue weighted by atomic mass is 16.5. The molecule has 2 saturated heterocycles. The first kappa shape index (κ1) is 17.7. The number of piperazine rings is 1. The molecule has 0 N–H and O–H groups in total. The lowest BCUT2D eigenvalue weighted by molar-refractivity contribution is -0.142. The van der Waals surface area contributed by atoms with Gasteiger partial charge in [0.2, 0.25) is 5.88 Å². The fraction of sp³-hybridized carbons (Fsp3) is 0.611. The monoisotopic (exact) mass is 347 g/mol. The van der Waals surface area contributed by atoms with Gasteiger partial charge in [-0.15, -0.1) is 0 Å². The number of rotatable bonds is 4. The van der Waals surface area contributed by atoms with Crippen LogP contribution in [0.1, 0.15) is 37.2 Å². The lowest BCUT2D eigenvalue weighted by Gasteiger charge is -2.35. The zero-order chi connectivity index (χ0) is 17.8. The van der Waals surface area contributed by atoms with Crippen molar-refractivity contribution in [1.29, 1.82) is 0 Å². The topological polar surface area (TPSA) is 72.0 Å². The lowest BCUT2D eigenvalue weighted by atomic mass is 10.2. The fourth-order valence-corrected chi connectivity index (χ4v) is 3.11. The molecular weight excluding hydrogens is 322 g/mol. The van der Waals surface area contributed by atoms with Gasteiger partial charge in [-0.25, -0.2) is 4.98 Å². The van der Waals surface area contributed by atoms with Crippen molar-refractivity contribution < 1.29 is 19.1 Å². The second-order valence-electron chi connectivity index (χ2n) is 6.65. The van der Waals surface area contributed by atoms with E-state index in [9.17, 15) is 9.59 Å². The van der Waals surface area contributed by atoms with Gasteiger partial charge < -0.3 is 19.3 Å². The van der Waals surface area contributed by atoms with Crippen molar-refractivity contribution in [3.63, 3.8) is 0 Å². The number of carbonyl (C=O) groups excluding carboxylic acids is 2. The van der Waals surface area contributed by atoms with Crippen LogP contribution in [0.15, 0.2) is 18.2 Å². The molecule has 0 aliphatic carbocycles.